The van der Waals surface area contributed by atoms with Gasteiger partial charge < -0.3 is 10.1 Å². The Balaban J connectivity index is 1.63. The van der Waals surface area contributed by atoms with Gasteiger partial charge in [-0.05, 0) is 23.3 Å². The average Bonchev–Trinajstić information content (AvgIpc) is 2.68. The Morgan fingerprint density at radius 1 is 0.889 bits per heavy atom. The van der Waals surface area contributed by atoms with Gasteiger partial charge in [-0.2, -0.15) is 0 Å². The van der Waals surface area contributed by atoms with E-state index in [0.717, 1.165) is 23.3 Å². The largest absolute Gasteiger partial charge is 0.489 e. The molecule has 0 aliphatic carbocycles. The van der Waals surface area contributed by atoms with Crippen molar-refractivity contribution in [2.45, 2.75) is 5.92 Å². The fraction of sp³-hybridized carbons (Fsp3) is 0.136. The summed E-state index contributed by atoms with van der Waals surface area (Å²) in [5, 5.41) is 2.82. The van der Waals surface area contributed by atoms with Gasteiger partial charge in [0.1, 0.15) is 12.4 Å². The van der Waals surface area contributed by atoms with E-state index in [1.807, 2.05) is 60.7 Å². The average molecular weight is 367 g/mol. The van der Waals surface area contributed by atoms with Gasteiger partial charge in [0.2, 0.25) is 5.91 Å². The van der Waals surface area contributed by atoms with Crippen LogP contribution in [0.5, 0.6) is 5.75 Å². The number of nitrogens with one attached hydrogen (secondary N) is 1. The zero-order valence-electron chi connectivity index (χ0n) is 14.6. The summed E-state index contributed by atoms with van der Waals surface area (Å²) >= 11 is 0. The number of ether oxygens (including phenoxy) is 1. The second-order valence-corrected chi connectivity index (χ2v) is 5.97. The van der Waals surface area contributed by atoms with Gasteiger partial charge in [-0.3, -0.25) is 4.79 Å². The molecular formula is C22H19F2NO2. The summed E-state index contributed by atoms with van der Waals surface area (Å²) in [6.07, 6.45) is 0. The number of hydrogen-bond donors (Lipinski definition) is 1. The van der Waals surface area contributed by atoms with E-state index in [4.69, 9.17) is 4.74 Å². The van der Waals surface area contributed by atoms with E-state index < -0.39 is 17.6 Å². The van der Waals surface area contributed by atoms with Crippen LogP contribution in [0.15, 0.2) is 78.9 Å². The number of benzene rings is 3. The minimum atomic E-state index is -0.771. The molecule has 1 amide bonds. The van der Waals surface area contributed by atoms with Gasteiger partial charge in [0.15, 0.2) is 11.6 Å². The molecule has 0 saturated heterocycles. The van der Waals surface area contributed by atoms with Gasteiger partial charge in [-0.15, -0.1) is 0 Å². The Labute approximate surface area is 156 Å². The van der Waals surface area contributed by atoms with E-state index in [1.165, 1.54) is 6.07 Å². The standard InChI is InChI=1S/C22H19F2NO2/c23-18-11-12-20(19(24)15-18)27-14-13-25-22(26)21(16-7-3-1-4-8-16)17-9-5-2-6-10-17/h1-12,15,21H,13-14H2,(H,25,26). The Morgan fingerprint density at radius 3 is 2.04 bits per heavy atom. The predicted molar refractivity (Wildman–Crippen MR) is 99.6 cm³/mol. The van der Waals surface area contributed by atoms with Crippen LogP contribution in [0.3, 0.4) is 0 Å². The van der Waals surface area contributed by atoms with Gasteiger partial charge in [-0.1, -0.05) is 60.7 Å². The summed E-state index contributed by atoms with van der Waals surface area (Å²) in [5.41, 5.74) is 1.76. The summed E-state index contributed by atoms with van der Waals surface area (Å²) in [6.45, 7) is 0.274. The van der Waals surface area contributed by atoms with E-state index in [9.17, 15) is 13.6 Å². The fourth-order valence-corrected chi connectivity index (χ4v) is 2.82. The molecule has 0 aliphatic heterocycles. The van der Waals surface area contributed by atoms with Crippen molar-refractivity contribution in [2.75, 3.05) is 13.2 Å². The van der Waals surface area contributed by atoms with Gasteiger partial charge in [0.25, 0.3) is 0 Å². The van der Waals surface area contributed by atoms with Crippen LogP contribution in [0.2, 0.25) is 0 Å². The maximum atomic E-state index is 13.6. The number of halogens is 2. The summed E-state index contributed by atoms with van der Waals surface area (Å²) in [5.74, 6) is -2.10. The van der Waals surface area contributed by atoms with Gasteiger partial charge >= 0.3 is 0 Å². The molecule has 3 rings (SSSR count). The van der Waals surface area contributed by atoms with Crippen LogP contribution in [-0.2, 0) is 4.79 Å². The van der Waals surface area contributed by atoms with Crippen molar-refractivity contribution in [2.24, 2.45) is 0 Å². The monoisotopic (exact) mass is 367 g/mol. The number of carbonyl (C=O) groups is 1. The normalized spacial score (nSPS) is 10.6. The molecule has 27 heavy (non-hydrogen) atoms. The Bertz CT molecular complexity index is 846. The second-order valence-electron chi connectivity index (χ2n) is 5.97. The molecule has 0 radical (unpaired) electrons. The number of hydrogen-bond acceptors (Lipinski definition) is 2. The van der Waals surface area contributed by atoms with Crippen molar-refractivity contribution in [3.63, 3.8) is 0 Å². The molecule has 0 fully saturated rings. The molecule has 0 spiro atoms. The lowest BCUT2D eigenvalue weighted by molar-refractivity contribution is -0.121. The van der Waals surface area contributed by atoms with Crippen LogP contribution >= 0.6 is 0 Å². The zero-order chi connectivity index (χ0) is 19.1. The molecule has 3 nitrogen and oxygen atoms in total. The molecule has 0 bridgehead atoms. The van der Waals surface area contributed by atoms with Crippen LogP contribution in [0.1, 0.15) is 17.0 Å². The highest BCUT2D eigenvalue weighted by atomic mass is 19.1. The maximum Gasteiger partial charge on any atom is 0.232 e. The highest BCUT2D eigenvalue weighted by molar-refractivity contribution is 5.87. The van der Waals surface area contributed by atoms with E-state index in [0.29, 0.717) is 0 Å². The number of rotatable bonds is 7. The first-order valence-electron chi connectivity index (χ1n) is 8.60. The third kappa shape index (κ3) is 4.91. The molecule has 0 unspecified atom stereocenters. The molecule has 138 valence electrons. The smallest absolute Gasteiger partial charge is 0.232 e. The van der Waals surface area contributed by atoms with Crippen molar-refractivity contribution >= 4 is 5.91 Å². The van der Waals surface area contributed by atoms with Crippen LogP contribution in [-0.4, -0.2) is 19.1 Å². The zero-order valence-corrected chi connectivity index (χ0v) is 14.6. The number of carbonyl (C=O) groups excluding carboxylic acids is 1. The second kappa shape index (κ2) is 8.94. The highest BCUT2D eigenvalue weighted by Gasteiger charge is 2.22. The molecule has 3 aromatic rings. The van der Waals surface area contributed by atoms with Crippen molar-refractivity contribution < 1.29 is 18.3 Å². The molecule has 1 N–H and O–H groups in total. The summed E-state index contributed by atoms with van der Waals surface area (Å²) in [7, 11) is 0. The van der Waals surface area contributed by atoms with Crippen molar-refractivity contribution in [1.82, 2.24) is 5.32 Å². The van der Waals surface area contributed by atoms with Gasteiger partial charge in [0.05, 0.1) is 12.5 Å². The molecule has 0 heterocycles. The van der Waals surface area contributed by atoms with E-state index in [-0.39, 0.29) is 24.8 Å². The molecule has 0 atom stereocenters. The SMILES string of the molecule is O=C(NCCOc1ccc(F)cc1F)C(c1ccccc1)c1ccccc1. The molecule has 0 saturated carbocycles. The molecule has 0 aromatic heterocycles. The van der Waals surface area contributed by atoms with Crippen LogP contribution in [0.25, 0.3) is 0 Å². The quantitative estimate of drug-likeness (QED) is 0.633. The van der Waals surface area contributed by atoms with E-state index in [2.05, 4.69) is 5.32 Å². The Kier molecular flexibility index (Phi) is 6.15. The molecule has 5 heteroatoms. The lowest BCUT2D eigenvalue weighted by atomic mass is 9.90. The Morgan fingerprint density at radius 2 is 1.48 bits per heavy atom. The first kappa shape index (κ1) is 18.6. The van der Waals surface area contributed by atoms with Crippen molar-refractivity contribution in [3.05, 3.63) is 102 Å². The predicted octanol–water partition coefficient (Wildman–Crippen LogP) is 4.29. The first-order valence-corrected chi connectivity index (χ1v) is 8.60. The molecule has 3 aromatic carbocycles. The third-order valence-corrected chi connectivity index (χ3v) is 4.08. The summed E-state index contributed by atoms with van der Waals surface area (Å²) in [6, 6.07) is 22.1. The van der Waals surface area contributed by atoms with E-state index >= 15 is 0 Å². The van der Waals surface area contributed by atoms with Gasteiger partial charge in [-0.25, -0.2) is 8.78 Å². The van der Waals surface area contributed by atoms with Crippen molar-refractivity contribution in [3.8, 4) is 5.75 Å². The topological polar surface area (TPSA) is 38.3 Å². The number of amides is 1. The van der Waals surface area contributed by atoms with Crippen LogP contribution in [0.4, 0.5) is 8.78 Å². The van der Waals surface area contributed by atoms with Gasteiger partial charge in [0, 0.05) is 6.07 Å². The molecule has 0 aliphatic rings. The van der Waals surface area contributed by atoms with Crippen LogP contribution in [0, 0.1) is 11.6 Å². The minimum absolute atomic E-state index is 0.0479. The third-order valence-electron chi connectivity index (χ3n) is 4.08. The summed E-state index contributed by atoms with van der Waals surface area (Å²) < 4.78 is 31.7. The summed E-state index contributed by atoms with van der Waals surface area (Å²) in [4.78, 5) is 12.8. The minimum Gasteiger partial charge on any atom is -0.489 e. The molecular weight excluding hydrogens is 348 g/mol. The lowest BCUT2D eigenvalue weighted by Crippen LogP contribution is -2.33. The fourth-order valence-electron chi connectivity index (χ4n) is 2.82. The first-order chi connectivity index (χ1) is 13.1. The maximum absolute atomic E-state index is 13.6. The highest BCUT2D eigenvalue weighted by Crippen LogP contribution is 2.24. The van der Waals surface area contributed by atoms with E-state index in [1.54, 1.807) is 0 Å². The van der Waals surface area contributed by atoms with Crippen molar-refractivity contribution in [1.29, 1.82) is 0 Å². The lowest BCUT2D eigenvalue weighted by Gasteiger charge is -2.18. The van der Waals surface area contributed by atoms with Crippen LogP contribution < -0.4 is 10.1 Å². The Hall–Kier alpha value is -3.21.